The molecule has 0 aliphatic heterocycles. The van der Waals surface area contributed by atoms with E-state index in [0.717, 1.165) is 17.8 Å². The molecule has 0 nitrogen and oxygen atoms in total. The standard InChI is InChI=1S/C16H33.C3H8.Y/c1-9-10-16(7,8)11-13(4)15(6)14(5)12(2)3;1-3-2;/h12-15H,2,9-11H2,1,3-8H3;3H2,1-2H3;/q-1;;. The van der Waals surface area contributed by atoms with Gasteiger partial charge in [0.1, 0.15) is 0 Å². The molecule has 0 aromatic rings. The fourth-order valence-corrected chi connectivity index (χ4v) is 2.87. The van der Waals surface area contributed by atoms with Crippen LogP contribution in [0, 0.1) is 36.0 Å². The Bertz CT molecular complexity index is 196. The van der Waals surface area contributed by atoms with Gasteiger partial charge in [-0.3, -0.25) is 0 Å². The summed E-state index contributed by atoms with van der Waals surface area (Å²) in [7, 11) is 0. The predicted octanol–water partition coefficient (Wildman–Crippen LogP) is 7.00. The Kier molecular flexibility index (Phi) is 17.9. The van der Waals surface area contributed by atoms with Crippen LogP contribution < -0.4 is 0 Å². The van der Waals surface area contributed by atoms with Crippen molar-refractivity contribution in [3.05, 3.63) is 6.92 Å². The van der Waals surface area contributed by atoms with Crippen LogP contribution in [-0.4, -0.2) is 0 Å². The van der Waals surface area contributed by atoms with E-state index in [1.807, 2.05) is 0 Å². The molecule has 1 radical (unpaired) electrons. The summed E-state index contributed by atoms with van der Waals surface area (Å²) in [5.41, 5.74) is 0.507. The van der Waals surface area contributed by atoms with E-state index in [-0.39, 0.29) is 32.7 Å². The quantitative estimate of drug-likeness (QED) is 0.430. The largest absolute Gasteiger partial charge is 0.340 e. The molecule has 1 heteroatoms. The maximum absolute atomic E-state index is 4.17. The van der Waals surface area contributed by atoms with Gasteiger partial charge in [0.05, 0.1) is 0 Å². The third-order valence-electron chi connectivity index (χ3n) is 4.43. The van der Waals surface area contributed by atoms with Crippen molar-refractivity contribution in [3.8, 4) is 0 Å². The maximum atomic E-state index is 4.17. The van der Waals surface area contributed by atoms with Gasteiger partial charge in [-0.25, -0.2) is 0 Å². The first-order chi connectivity index (χ1) is 8.62. The van der Waals surface area contributed by atoms with Crippen LogP contribution in [0.1, 0.15) is 88.0 Å². The summed E-state index contributed by atoms with van der Waals surface area (Å²) < 4.78 is 0. The maximum Gasteiger partial charge on any atom is 0 e. The van der Waals surface area contributed by atoms with Crippen LogP contribution in [0.2, 0.25) is 0 Å². The van der Waals surface area contributed by atoms with Gasteiger partial charge >= 0.3 is 0 Å². The van der Waals surface area contributed by atoms with Gasteiger partial charge in [0.2, 0.25) is 0 Å². The van der Waals surface area contributed by atoms with Crippen LogP contribution in [0.3, 0.4) is 0 Å². The summed E-state index contributed by atoms with van der Waals surface area (Å²) >= 11 is 0. The molecule has 0 aliphatic carbocycles. The number of rotatable bonds is 7. The molecule has 0 spiro atoms. The van der Waals surface area contributed by atoms with E-state index in [1.165, 1.54) is 25.7 Å². The molecule has 0 N–H and O–H groups in total. The Morgan fingerprint density at radius 2 is 1.30 bits per heavy atom. The van der Waals surface area contributed by atoms with Crippen LogP contribution in [0.15, 0.2) is 0 Å². The predicted molar refractivity (Wildman–Crippen MR) is 91.3 cm³/mol. The average Bonchev–Trinajstić information content (AvgIpc) is 2.27. The summed E-state index contributed by atoms with van der Waals surface area (Å²) in [5, 5.41) is 0. The second-order valence-electron chi connectivity index (χ2n) is 7.50. The van der Waals surface area contributed by atoms with Crippen molar-refractivity contribution in [2.45, 2.75) is 88.0 Å². The van der Waals surface area contributed by atoms with Crippen molar-refractivity contribution in [2.24, 2.45) is 29.1 Å². The summed E-state index contributed by atoms with van der Waals surface area (Å²) in [5.74, 6) is 2.88. The van der Waals surface area contributed by atoms with E-state index in [9.17, 15) is 0 Å². The van der Waals surface area contributed by atoms with Gasteiger partial charge in [-0.05, 0) is 30.1 Å². The van der Waals surface area contributed by atoms with E-state index in [1.54, 1.807) is 0 Å². The molecule has 0 bridgehead atoms. The van der Waals surface area contributed by atoms with E-state index in [0.29, 0.717) is 11.3 Å². The fourth-order valence-electron chi connectivity index (χ4n) is 2.87. The van der Waals surface area contributed by atoms with Crippen molar-refractivity contribution in [1.29, 1.82) is 0 Å². The van der Waals surface area contributed by atoms with Gasteiger partial charge in [-0.1, -0.05) is 81.1 Å². The Hall–Kier alpha value is 1.10. The smallest absolute Gasteiger partial charge is 0 e. The Morgan fingerprint density at radius 3 is 1.60 bits per heavy atom. The summed E-state index contributed by atoms with van der Waals surface area (Å²) in [4.78, 5) is 0. The van der Waals surface area contributed by atoms with Crippen molar-refractivity contribution in [1.82, 2.24) is 0 Å². The molecule has 0 amide bonds. The molecule has 0 aromatic heterocycles. The molecule has 0 fully saturated rings. The molecule has 0 aromatic carbocycles. The minimum atomic E-state index is 0. The van der Waals surface area contributed by atoms with Gasteiger partial charge in [-0.15, -0.1) is 0 Å². The monoisotopic (exact) mass is 358 g/mol. The first kappa shape index (κ1) is 26.0. The summed E-state index contributed by atoms with van der Waals surface area (Å²) in [6.45, 7) is 25.0. The van der Waals surface area contributed by atoms with Crippen LogP contribution in [-0.2, 0) is 32.7 Å². The van der Waals surface area contributed by atoms with E-state index >= 15 is 0 Å². The normalized spacial score (nSPS) is 17.1. The number of hydrogen-bond donors (Lipinski definition) is 0. The molecular formula is C19H41Y-. The number of hydrogen-bond acceptors (Lipinski definition) is 0. The summed E-state index contributed by atoms with van der Waals surface area (Å²) in [6.07, 6.45) is 5.24. The van der Waals surface area contributed by atoms with Gasteiger partial charge in [-0.2, -0.15) is 5.92 Å². The van der Waals surface area contributed by atoms with Crippen LogP contribution >= 0.6 is 0 Å². The van der Waals surface area contributed by atoms with Crippen molar-refractivity contribution in [2.75, 3.05) is 0 Å². The topological polar surface area (TPSA) is 0 Å². The zero-order valence-electron chi connectivity index (χ0n) is 15.9. The first-order valence-electron chi connectivity index (χ1n) is 8.45. The van der Waals surface area contributed by atoms with Gasteiger partial charge in [0.15, 0.2) is 0 Å². The zero-order valence-corrected chi connectivity index (χ0v) is 18.8. The minimum Gasteiger partial charge on any atom is -0.340 e. The molecule has 0 rings (SSSR count). The van der Waals surface area contributed by atoms with Gasteiger partial charge in [0.25, 0.3) is 0 Å². The fraction of sp³-hybridized carbons (Fsp3) is 0.947. The molecule has 4 atom stereocenters. The molecule has 4 unspecified atom stereocenters. The molecular weight excluding hydrogens is 317 g/mol. The van der Waals surface area contributed by atoms with Crippen LogP contribution in [0.4, 0.5) is 0 Å². The Morgan fingerprint density at radius 1 is 0.900 bits per heavy atom. The Balaban J connectivity index is -0.000000657. The van der Waals surface area contributed by atoms with Crippen molar-refractivity contribution in [3.63, 3.8) is 0 Å². The average molecular weight is 358 g/mol. The van der Waals surface area contributed by atoms with E-state index in [2.05, 4.69) is 69.2 Å². The SMILES string of the molecule is CCC.[CH2-]C(C)C(C)C(C)C(C)CC(C)(C)CCC.[Y]. The van der Waals surface area contributed by atoms with Crippen molar-refractivity contribution >= 4 is 0 Å². The molecule has 0 heterocycles. The minimum absolute atomic E-state index is 0. The van der Waals surface area contributed by atoms with Crippen LogP contribution in [0.5, 0.6) is 0 Å². The Labute approximate surface area is 156 Å². The molecule has 121 valence electrons. The zero-order chi connectivity index (χ0) is 15.6. The molecule has 0 saturated heterocycles. The van der Waals surface area contributed by atoms with E-state index in [4.69, 9.17) is 0 Å². The first-order valence-corrected chi connectivity index (χ1v) is 8.45. The van der Waals surface area contributed by atoms with E-state index < -0.39 is 0 Å². The third kappa shape index (κ3) is 12.8. The third-order valence-corrected chi connectivity index (χ3v) is 4.43. The van der Waals surface area contributed by atoms with Crippen molar-refractivity contribution < 1.29 is 32.7 Å². The van der Waals surface area contributed by atoms with Crippen LogP contribution in [0.25, 0.3) is 0 Å². The second kappa shape index (κ2) is 13.7. The van der Waals surface area contributed by atoms with Gasteiger partial charge < -0.3 is 6.92 Å². The molecule has 20 heavy (non-hydrogen) atoms. The van der Waals surface area contributed by atoms with Gasteiger partial charge in [0, 0.05) is 32.7 Å². The summed E-state index contributed by atoms with van der Waals surface area (Å²) in [6, 6.07) is 0. The second-order valence-corrected chi connectivity index (χ2v) is 7.50. The molecule has 0 saturated carbocycles. The molecule has 0 aliphatic rings.